The van der Waals surface area contributed by atoms with Crippen LogP contribution in [0.15, 0.2) is 30.3 Å². The van der Waals surface area contributed by atoms with Crippen LogP contribution in [-0.2, 0) is 4.79 Å². The third kappa shape index (κ3) is 1.84. The molecule has 0 bridgehead atoms. The van der Waals surface area contributed by atoms with E-state index in [2.05, 4.69) is 5.32 Å². The lowest BCUT2D eigenvalue weighted by atomic mass is 9.82. The van der Waals surface area contributed by atoms with E-state index in [9.17, 15) is 9.59 Å². The molecular formula is C12H13NO3. The number of amides is 1. The van der Waals surface area contributed by atoms with Crippen molar-refractivity contribution < 1.29 is 14.7 Å². The van der Waals surface area contributed by atoms with Gasteiger partial charge < -0.3 is 10.4 Å². The largest absolute Gasteiger partial charge is 0.396 e. The third-order valence-electron chi connectivity index (χ3n) is 2.79. The van der Waals surface area contributed by atoms with Gasteiger partial charge in [-0.05, 0) is 6.42 Å². The highest BCUT2D eigenvalue weighted by Crippen LogP contribution is 2.22. The van der Waals surface area contributed by atoms with E-state index in [4.69, 9.17) is 5.11 Å². The van der Waals surface area contributed by atoms with E-state index in [1.54, 1.807) is 24.3 Å². The summed E-state index contributed by atoms with van der Waals surface area (Å²) < 4.78 is 0. The lowest BCUT2D eigenvalue weighted by Crippen LogP contribution is -2.61. The van der Waals surface area contributed by atoms with Crippen LogP contribution in [0.25, 0.3) is 0 Å². The average molecular weight is 219 g/mol. The Hall–Kier alpha value is -1.68. The Balaban J connectivity index is 2.12. The van der Waals surface area contributed by atoms with E-state index in [1.165, 1.54) is 0 Å². The second-order valence-corrected chi connectivity index (χ2v) is 3.84. The molecule has 1 heterocycles. The number of β-lactam (4-membered cyclic amide) rings is 1. The van der Waals surface area contributed by atoms with Crippen LogP contribution in [-0.4, -0.2) is 29.4 Å². The van der Waals surface area contributed by atoms with Gasteiger partial charge in [-0.25, -0.2) is 0 Å². The topological polar surface area (TPSA) is 66.4 Å². The van der Waals surface area contributed by atoms with Gasteiger partial charge in [0.05, 0.1) is 0 Å². The Kier molecular flexibility index (Phi) is 3.01. The van der Waals surface area contributed by atoms with Crippen molar-refractivity contribution in [1.82, 2.24) is 5.32 Å². The monoisotopic (exact) mass is 219 g/mol. The van der Waals surface area contributed by atoms with E-state index >= 15 is 0 Å². The average Bonchev–Trinajstić information content (AvgIpc) is 2.29. The summed E-state index contributed by atoms with van der Waals surface area (Å²) in [5.41, 5.74) is 0.547. The summed E-state index contributed by atoms with van der Waals surface area (Å²) in [6.07, 6.45) is 0.426. The smallest absolute Gasteiger partial charge is 0.233 e. The standard InChI is InChI=1S/C12H13NO3/c14-7-6-9-10(12(16)13-9)11(15)8-4-2-1-3-5-8/h1-5,9-10,14H,6-7H2,(H,13,16)/t9-,10+/m0/s1. The summed E-state index contributed by atoms with van der Waals surface area (Å²) >= 11 is 0. The molecule has 0 unspecified atom stereocenters. The number of hydrogen-bond acceptors (Lipinski definition) is 3. The summed E-state index contributed by atoms with van der Waals surface area (Å²) in [5, 5.41) is 11.4. The molecule has 0 aromatic heterocycles. The van der Waals surface area contributed by atoms with Crippen LogP contribution < -0.4 is 5.32 Å². The van der Waals surface area contributed by atoms with Gasteiger partial charge in [0.2, 0.25) is 5.91 Å². The fraction of sp³-hybridized carbons (Fsp3) is 0.333. The highest BCUT2D eigenvalue weighted by molar-refractivity contribution is 6.13. The number of aliphatic hydroxyl groups is 1. The maximum absolute atomic E-state index is 12.0. The molecule has 0 saturated carbocycles. The maximum Gasteiger partial charge on any atom is 0.233 e. The van der Waals surface area contributed by atoms with Crippen molar-refractivity contribution in [3.63, 3.8) is 0 Å². The first-order valence-electron chi connectivity index (χ1n) is 5.24. The number of aliphatic hydroxyl groups excluding tert-OH is 1. The van der Waals surface area contributed by atoms with Crippen LogP contribution in [0.1, 0.15) is 16.8 Å². The van der Waals surface area contributed by atoms with Crippen molar-refractivity contribution >= 4 is 11.7 Å². The summed E-state index contributed by atoms with van der Waals surface area (Å²) in [6, 6.07) is 8.54. The van der Waals surface area contributed by atoms with Crippen LogP contribution in [0, 0.1) is 5.92 Å². The first-order chi connectivity index (χ1) is 7.74. The van der Waals surface area contributed by atoms with Crippen molar-refractivity contribution in [3.05, 3.63) is 35.9 Å². The van der Waals surface area contributed by atoms with Gasteiger partial charge in [0, 0.05) is 18.2 Å². The van der Waals surface area contributed by atoms with Crippen LogP contribution in [0.3, 0.4) is 0 Å². The predicted molar refractivity (Wildman–Crippen MR) is 57.9 cm³/mol. The van der Waals surface area contributed by atoms with Gasteiger partial charge in [-0.15, -0.1) is 0 Å². The van der Waals surface area contributed by atoms with Crippen molar-refractivity contribution in [1.29, 1.82) is 0 Å². The van der Waals surface area contributed by atoms with Gasteiger partial charge in [0.15, 0.2) is 5.78 Å². The Morgan fingerprint density at radius 2 is 2.00 bits per heavy atom. The molecule has 4 heteroatoms. The molecule has 2 N–H and O–H groups in total. The number of hydrogen-bond donors (Lipinski definition) is 2. The van der Waals surface area contributed by atoms with Gasteiger partial charge in [0.1, 0.15) is 5.92 Å². The molecule has 1 fully saturated rings. The van der Waals surface area contributed by atoms with Crippen molar-refractivity contribution in [2.45, 2.75) is 12.5 Å². The second-order valence-electron chi connectivity index (χ2n) is 3.84. The Bertz CT molecular complexity index is 402. The molecule has 0 spiro atoms. The van der Waals surface area contributed by atoms with Gasteiger partial charge in [-0.3, -0.25) is 9.59 Å². The number of rotatable bonds is 4. The minimum absolute atomic E-state index is 0.0243. The van der Waals surface area contributed by atoms with Crippen molar-refractivity contribution in [2.24, 2.45) is 5.92 Å². The van der Waals surface area contributed by atoms with Crippen molar-refractivity contribution in [2.75, 3.05) is 6.61 Å². The van der Waals surface area contributed by atoms with Gasteiger partial charge in [-0.2, -0.15) is 0 Å². The molecule has 4 nitrogen and oxygen atoms in total. The molecular weight excluding hydrogens is 206 g/mol. The fourth-order valence-corrected chi connectivity index (χ4v) is 1.90. The molecule has 1 aliphatic rings. The predicted octanol–water partition coefficient (Wildman–Crippen LogP) is 0.366. The number of carbonyl (C=O) groups is 2. The summed E-state index contributed by atoms with van der Waals surface area (Å²) in [5.74, 6) is -1.04. The fourth-order valence-electron chi connectivity index (χ4n) is 1.90. The third-order valence-corrected chi connectivity index (χ3v) is 2.79. The Morgan fingerprint density at radius 1 is 1.31 bits per heavy atom. The maximum atomic E-state index is 12.0. The molecule has 16 heavy (non-hydrogen) atoms. The number of ketones is 1. The Morgan fingerprint density at radius 3 is 2.56 bits per heavy atom. The summed E-state index contributed by atoms with van der Waals surface area (Å²) in [7, 11) is 0. The van der Waals surface area contributed by atoms with Crippen molar-refractivity contribution in [3.8, 4) is 0 Å². The zero-order valence-electron chi connectivity index (χ0n) is 8.72. The molecule has 2 atom stereocenters. The Labute approximate surface area is 93.3 Å². The molecule has 1 saturated heterocycles. The van der Waals surface area contributed by atoms with Gasteiger partial charge in [0.25, 0.3) is 0 Å². The highest BCUT2D eigenvalue weighted by atomic mass is 16.3. The van der Waals surface area contributed by atoms with Gasteiger partial charge >= 0.3 is 0 Å². The van der Waals surface area contributed by atoms with Crippen LogP contribution in [0.5, 0.6) is 0 Å². The number of nitrogens with one attached hydrogen (secondary N) is 1. The lowest BCUT2D eigenvalue weighted by molar-refractivity contribution is -0.132. The molecule has 1 aromatic carbocycles. The zero-order valence-corrected chi connectivity index (χ0v) is 8.72. The molecule has 0 radical (unpaired) electrons. The molecule has 0 aliphatic carbocycles. The second kappa shape index (κ2) is 4.45. The van der Waals surface area contributed by atoms with Crippen LogP contribution in [0.4, 0.5) is 0 Å². The summed E-state index contributed by atoms with van der Waals surface area (Å²) in [4.78, 5) is 23.3. The van der Waals surface area contributed by atoms with E-state index in [1.807, 2.05) is 6.07 Å². The minimum atomic E-state index is -0.630. The minimum Gasteiger partial charge on any atom is -0.396 e. The SMILES string of the molecule is O=C1N[C@@H](CCO)[C@@H]1C(=O)c1ccccc1. The highest BCUT2D eigenvalue weighted by Gasteiger charge is 2.43. The number of carbonyl (C=O) groups excluding carboxylic acids is 2. The quantitative estimate of drug-likeness (QED) is 0.436. The molecule has 1 amide bonds. The normalized spacial score (nSPS) is 23.4. The van der Waals surface area contributed by atoms with E-state index in [-0.39, 0.29) is 24.3 Å². The molecule has 2 rings (SSSR count). The number of Topliss-reactive ketones (excluding diaryl/α,β-unsaturated/α-hetero) is 1. The number of benzene rings is 1. The molecule has 1 aliphatic heterocycles. The van der Waals surface area contributed by atoms with Gasteiger partial charge in [-0.1, -0.05) is 30.3 Å². The molecule has 1 aromatic rings. The van der Waals surface area contributed by atoms with Crippen LogP contribution in [0.2, 0.25) is 0 Å². The molecule has 84 valence electrons. The van der Waals surface area contributed by atoms with Crippen LogP contribution >= 0.6 is 0 Å². The zero-order chi connectivity index (χ0) is 11.5. The van der Waals surface area contributed by atoms with E-state index in [0.29, 0.717) is 12.0 Å². The van der Waals surface area contributed by atoms with E-state index in [0.717, 1.165) is 0 Å². The summed E-state index contributed by atoms with van der Waals surface area (Å²) in [6.45, 7) is -0.0243. The first kappa shape index (κ1) is 10.8. The van der Waals surface area contributed by atoms with E-state index < -0.39 is 5.92 Å². The first-order valence-corrected chi connectivity index (χ1v) is 5.24. The lowest BCUT2D eigenvalue weighted by Gasteiger charge is -2.35.